The topological polar surface area (TPSA) is 33.3 Å². The summed E-state index contributed by atoms with van der Waals surface area (Å²) in [6.07, 6.45) is 17.5. The Balaban J connectivity index is 1.34. The predicted octanol–water partition coefficient (Wildman–Crippen LogP) is 3.23. The van der Waals surface area contributed by atoms with E-state index in [1.54, 1.807) is 0 Å². The van der Waals surface area contributed by atoms with Crippen LogP contribution in [0.5, 0.6) is 0 Å². The largest absolute Gasteiger partial charge is 0.375 e. The average molecular weight is 363 g/mol. The fraction of sp³-hybridized carbons (Fsp3) is 0.810. The summed E-state index contributed by atoms with van der Waals surface area (Å²) >= 11 is 2.00. The van der Waals surface area contributed by atoms with E-state index in [9.17, 15) is 0 Å². The molecule has 0 aromatic carbocycles. The van der Waals surface area contributed by atoms with Crippen molar-refractivity contribution in [2.75, 3.05) is 26.0 Å². The Bertz CT molecular complexity index is 508. The Hall–Kier alpha value is -0.290. The first-order valence-corrected chi connectivity index (χ1v) is 11.5. The smallest absolute Gasteiger partial charge is 0.0768 e. The van der Waals surface area contributed by atoms with Crippen molar-refractivity contribution in [3.05, 3.63) is 24.3 Å². The Kier molecular flexibility index (Phi) is 5.91. The van der Waals surface area contributed by atoms with Crippen molar-refractivity contribution >= 4 is 11.8 Å². The molecule has 2 fully saturated rings. The molecule has 0 spiro atoms. The molecule has 0 saturated carbocycles. The van der Waals surface area contributed by atoms with Gasteiger partial charge in [0.05, 0.1) is 12.7 Å². The lowest BCUT2D eigenvalue weighted by atomic mass is 9.73. The first-order chi connectivity index (χ1) is 12.2. The van der Waals surface area contributed by atoms with E-state index < -0.39 is 0 Å². The molecule has 0 radical (unpaired) electrons. The number of hydrogen-bond donors (Lipinski definition) is 2. The number of allylic oxidation sites excluding steroid dienone is 1. The molecular formula is C21H34N2OS. The van der Waals surface area contributed by atoms with Crippen molar-refractivity contribution in [2.24, 2.45) is 23.7 Å². The van der Waals surface area contributed by atoms with Crippen LogP contribution in [0.4, 0.5) is 0 Å². The molecule has 2 heterocycles. The fourth-order valence-corrected chi connectivity index (χ4v) is 6.16. The monoisotopic (exact) mass is 362 g/mol. The molecule has 0 aromatic heterocycles. The van der Waals surface area contributed by atoms with Crippen molar-refractivity contribution < 1.29 is 4.74 Å². The summed E-state index contributed by atoms with van der Waals surface area (Å²) in [5, 5.41) is 8.36. The molecule has 25 heavy (non-hydrogen) atoms. The number of morpholine rings is 1. The summed E-state index contributed by atoms with van der Waals surface area (Å²) in [7, 11) is 0. The minimum Gasteiger partial charge on any atom is -0.375 e. The van der Waals surface area contributed by atoms with Gasteiger partial charge in [-0.05, 0) is 62.2 Å². The van der Waals surface area contributed by atoms with Crippen LogP contribution >= 0.6 is 11.8 Å². The quantitative estimate of drug-likeness (QED) is 0.752. The van der Waals surface area contributed by atoms with E-state index in [2.05, 4.69) is 48.1 Å². The number of nitrogens with one attached hydrogen (secondary N) is 2. The van der Waals surface area contributed by atoms with E-state index >= 15 is 0 Å². The van der Waals surface area contributed by atoms with Crippen LogP contribution in [-0.4, -0.2) is 49.4 Å². The van der Waals surface area contributed by atoms with E-state index in [1.165, 1.54) is 25.8 Å². The third-order valence-corrected chi connectivity index (χ3v) is 7.87. The van der Waals surface area contributed by atoms with Crippen LogP contribution in [0.15, 0.2) is 24.3 Å². The Morgan fingerprint density at radius 3 is 3.00 bits per heavy atom. The Labute approximate surface area is 157 Å². The number of ether oxygens (including phenoxy) is 1. The lowest BCUT2D eigenvalue weighted by molar-refractivity contribution is -0.0251. The van der Waals surface area contributed by atoms with Crippen LogP contribution in [0.25, 0.3) is 0 Å². The normalized spacial score (nSPS) is 44.8. The first-order valence-electron chi connectivity index (χ1n) is 10.2. The molecule has 3 nitrogen and oxygen atoms in total. The van der Waals surface area contributed by atoms with Crippen molar-refractivity contribution in [1.82, 2.24) is 10.6 Å². The number of fused-ring (bicyclic) bond motifs is 2. The van der Waals surface area contributed by atoms with Gasteiger partial charge in [-0.25, -0.2) is 0 Å². The molecule has 8 unspecified atom stereocenters. The summed E-state index contributed by atoms with van der Waals surface area (Å²) in [4.78, 5) is 0. The van der Waals surface area contributed by atoms with Gasteiger partial charge >= 0.3 is 0 Å². The van der Waals surface area contributed by atoms with Gasteiger partial charge in [-0.3, -0.25) is 0 Å². The number of piperidine rings is 1. The zero-order chi connectivity index (χ0) is 17.2. The maximum Gasteiger partial charge on any atom is 0.0768 e. The van der Waals surface area contributed by atoms with Gasteiger partial charge in [0.25, 0.3) is 0 Å². The summed E-state index contributed by atoms with van der Waals surface area (Å²) in [6.45, 7) is 5.52. The third kappa shape index (κ3) is 4.02. The SMILES string of the molecule is CSC1C=CC2CC(CC(C)C3C=CCC4OCCNC43)NCC2C1. The van der Waals surface area contributed by atoms with Gasteiger partial charge in [-0.1, -0.05) is 31.2 Å². The fourth-order valence-electron chi connectivity index (χ4n) is 5.47. The van der Waals surface area contributed by atoms with Gasteiger partial charge in [-0.15, -0.1) is 0 Å². The summed E-state index contributed by atoms with van der Waals surface area (Å²) in [5.74, 6) is 2.95. The highest BCUT2D eigenvalue weighted by molar-refractivity contribution is 7.99. The molecular weight excluding hydrogens is 328 g/mol. The van der Waals surface area contributed by atoms with Crippen LogP contribution in [0.1, 0.15) is 32.6 Å². The van der Waals surface area contributed by atoms with Crippen LogP contribution in [0, 0.1) is 23.7 Å². The zero-order valence-corrected chi connectivity index (χ0v) is 16.5. The molecule has 8 atom stereocenters. The van der Waals surface area contributed by atoms with E-state index in [-0.39, 0.29) is 0 Å². The van der Waals surface area contributed by atoms with Gasteiger partial charge < -0.3 is 15.4 Å². The maximum atomic E-state index is 6.00. The van der Waals surface area contributed by atoms with Crippen LogP contribution in [-0.2, 0) is 4.74 Å². The zero-order valence-electron chi connectivity index (χ0n) is 15.7. The lowest BCUT2D eigenvalue weighted by Crippen LogP contribution is -2.55. The second-order valence-corrected chi connectivity index (χ2v) is 9.58. The van der Waals surface area contributed by atoms with E-state index in [0.717, 1.165) is 36.7 Å². The van der Waals surface area contributed by atoms with Crippen LogP contribution < -0.4 is 10.6 Å². The Morgan fingerprint density at radius 1 is 1.20 bits per heavy atom. The van der Waals surface area contributed by atoms with Gasteiger partial charge in [0, 0.05) is 23.9 Å². The van der Waals surface area contributed by atoms with Crippen molar-refractivity contribution in [2.45, 2.75) is 56.0 Å². The minimum absolute atomic E-state index is 0.389. The van der Waals surface area contributed by atoms with Gasteiger partial charge in [-0.2, -0.15) is 11.8 Å². The number of hydrogen-bond acceptors (Lipinski definition) is 4. The van der Waals surface area contributed by atoms with Gasteiger partial charge in [0.2, 0.25) is 0 Å². The van der Waals surface area contributed by atoms with Gasteiger partial charge in [0.15, 0.2) is 0 Å². The second-order valence-electron chi connectivity index (χ2n) is 8.50. The van der Waals surface area contributed by atoms with Gasteiger partial charge in [0.1, 0.15) is 0 Å². The summed E-state index contributed by atoms with van der Waals surface area (Å²) in [5.41, 5.74) is 0. The lowest BCUT2D eigenvalue weighted by Gasteiger charge is -2.44. The molecule has 2 aliphatic carbocycles. The maximum absolute atomic E-state index is 6.00. The standard InChI is InChI=1S/C21H34N2OS/c1-14(19-4-3-5-20-21(19)22-8-9-24-20)10-17-11-15-6-7-18(25-2)12-16(15)13-23-17/h3-4,6-7,14-23H,5,8-13H2,1-2H3. The first kappa shape index (κ1) is 18.1. The third-order valence-electron chi connectivity index (χ3n) is 6.91. The molecule has 140 valence electrons. The van der Waals surface area contributed by atoms with Crippen molar-refractivity contribution in [3.63, 3.8) is 0 Å². The molecule has 2 N–H and O–H groups in total. The van der Waals surface area contributed by atoms with Crippen LogP contribution in [0.2, 0.25) is 0 Å². The molecule has 0 amide bonds. The minimum atomic E-state index is 0.389. The van der Waals surface area contributed by atoms with E-state index in [0.29, 0.717) is 30.0 Å². The molecule has 4 rings (SSSR count). The van der Waals surface area contributed by atoms with Crippen molar-refractivity contribution in [3.8, 4) is 0 Å². The number of thioether (sulfide) groups is 1. The molecule has 2 saturated heterocycles. The summed E-state index contributed by atoms with van der Waals surface area (Å²) in [6, 6.07) is 1.19. The van der Waals surface area contributed by atoms with Crippen molar-refractivity contribution in [1.29, 1.82) is 0 Å². The van der Waals surface area contributed by atoms with E-state index in [4.69, 9.17) is 4.74 Å². The summed E-state index contributed by atoms with van der Waals surface area (Å²) < 4.78 is 6.00. The highest BCUT2D eigenvalue weighted by atomic mass is 32.2. The second kappa shape index (κ2) is 8.16. The molecule has 0 aromatic rings. The highest BCUT2D eigenvalue weighted by Crippen LogP contribution is 2.37. The molecule has 0 bridgehead atoms. The molecule has 2 aliphatic heterocycles. The highest BCUT2D eigenvalue weighted by Gasteiger charge is 2.38. The number of rotatable bonds is 4. The van der Waals surface area contributed by atoms with E-state index in [1.807, 2.05) is 11.8 Å². The predicted molar refractivity (Wildman–Crippen MR) is 107 cm³/mol. The average Bonchev–Trinajstić information content (AvgIpc) is 2.67. The molecule has 4 aliphatic rings. The Morgan fingerprint density at radius 2 is 2.12 bits per heavy atom. The molecule has 4 heteroatoms. The van der Waals surface area contributed by atoms with Crippen LogP contribution in [0.3, 0.4) is 0 Å².